The molecule has 0 saturated heterocycles. The topological polar surface area (TPSA) is 29.5 Å². The van der Waals surface area contributed by atoms with Gasteiger partial charge in [-0.3, -0.25) is 4.79 Å². The monoisotopic (exact) mass is 295 g/mol. The lowest BCUT2D eigenvalue weighted by Crippen LogP contribution is -2.44. The molecule has 0 N–H and O–H groups in total. The molecule has 1 fully saturated rings. The maximum atomic E-state index is 12.4. The largest absolute Gasteiger partial charge is 0.481 e. The highest BCUT2D eigenvalue weighted by atomic mass is 35.5. The van der Waals surface area contributed by atoms with E-state index < -0.39 is 6.10 Å². The van der Waals surface area contributed by atoms with Gasteiger partial charge in [-0.25, -0.2) is 0 Å². The summed E-state index contributed by atoms with van der Waals surface area (Å²) in [5.74, 6) is 0.673. The molecule has 1 amide bonds. The molecule has 1 saturated carbocycles. The second-order valence-corrected chi connectivity index (χ2v) is 5.89. The van der Waals surface area contributed by atoms with Gasteiger partial charge in [-0.2, -0.15) is 0 Å². The number of amides is 1. The summed E-state index contributed by atoms with van der Waals surface area (Å²) in [6.45, 7) is 1.79. The lowest BCUT2D eigenvalue weighted by molar-refractivity contribution is -0.139. The Bertz CT molecular complexity index is 458. The third-order valence-electron chi connectivity index (χ3n) is 3.93. The molecule has 3 nitrogen and oxygen atoms in total. The van der Waals surface area contributed by atoms with E-state index in [9.17, 15) is 4.79 Å². The van der Waals surface area contributed by atoms with Crippen LogP contribution in [0.4, 0.5) is 0 Å². The van der Waals surface area contributed by atoms with Crippen molar-refractivity contribution in [3.63, 3.8) is 0 Å². The Labute approximate surface area is 125 Å². The maximum absolute atomic E-state index is 12.4. The van der Waals surface area contributed by atoms with Gasteiger partial charge >= 0.3 is 0 Å². The van der Waals surface area contributed by atoms with Crippen molar-refractivity contribution in [3.05, 3.63) is 29.3 Å². The van der Waals surface area contributed by atoms with Gasteiger partial charge in [0.05, 0.1) is 0 Å². The number of hydrogen-bond donors (Lipinski definition) is 0. The van der Waals surface area contributed by atoms with E-state index in [4.69, 9.17) is 16.3 Å². The summed E-state index contributed by atoms with van der Waals surface area (Å²) in [7, 11) is 1.89. The lowest BCUT2D eigenvalue weighted by Gasteiger charge is -2.32. The molecule has 2 rings (SSSR count). The zero-order valence-corrected chi connectivity index (χ0v) is 12.9. The van der Waals surface area contributed by atoms with Crippen molar-refractivity contribution in [2.24, 2.45) is 0 Å². The van der Waals surface area contributed by atoms with Gasteiger partial charge in [0, 0.05) is 18.1 Å². The Morgan fingerprint density at radius 1 is 1.35 bits per heavy atom. The fourth-order valence-electron chi connectivity index (χ4n) is 2.73. The summed E-state index contributed by atoms with van der Waals surface area (Å²) < 4.78 is 5.69. The van der Waals surface area contributed by atoms with Crippen LogP contribution in [0.15, 0.2) is 24.3 Å². The summed E-state index contributed by atoms with van der Waals surface area (Å²) in [6, 6.07) is 7.51. The zero-order valence-electron chi connectivity index (χ0n) is 12.1. The number of carbonyl (C=O) groups is 1. The molecule has 1 aromatic rings. The normalized spacial score (nSPS) is 17.6. The Hall–Kier alpha value is -1.22. The summed E-state index contributed by atoms with van der Waals surface area (Å²) in [5.41, 5.74) is 0. The Balaban J connectivity index is 1.93. The number of hydrogen-bond acceptors (Lipinski definition) is 2. The van der Waals surface area contributed by atoms with E-state index in [1.165, 1.54) is 19.3 Å². The van der Waals surface area contributed by atoms with Crippen LogP contribution < -0.4 is 4.74 Å². The van der Waals surface area contributed by atoms with Crippen LogP contribution in [0.2, 0.25) is 5.02 Å². The highest BCUT2D eigenvalue weighted by Gasteiger charge is 2.26. The van der Waals surface area contributed by atoms with Gasteiger partial charge in [0.2, 0.25) is 0 Å². The van der Waals surface area contributed by atoms with Crippen LogP contribution in [-0.2, 0) is 4.79 Å². The van der Waals surface area contributed by atoms with Gasteiger partial charge in [0.25, 0.3) is 5.91 Å². The van der Waals surface area contributed by atoms with Crippen LogP contribution in [0, 0.1) is 0 Å². The summed E-state index contributed by atoms with van der Waals surface area (Å²) in [5, 5.41) is 0.614. The molecule has 0 heterocycles. The summed E-state index contributed by atoms with van der Waals surface area (Å²) >= 11 is 5.92. The molecule has 20 heavy (non-hydrogen) atoms. The van der Waals surface area contributed by atoms with Gasteiger partial charge in [-0.1, -0.05) is 36.9 Å². The minimum atomic E-state index is -0.486. The quantitative estimate of drug-likeness (QED) is 0.843. The predicted molar refractivity (Wildman–Crippen MR) is 81.2 cm³/mol. The first-order valence-corrected chi connectivity index (χ1v) is 7.64. The van der Waals surface area contributed by atoms with E-state index >= 15 is 0 Å². The molecule has 0 unspecified atom stereocenters. The molecule has 110 valence electrons. The van der Waals surface area contributed by atoms with Crippen LogP contribution in [0.1, 0.15) is 39.0 Å². The van der Waals surface area contributed by atoms with E-state index in [0.29, 0.717) is 16.8 Å². The fourth-order valence-corrected chi connectivity index (χ4v) is 2.91. The first-order valence-electron chi connectivity index (χ1n) is 7.27. The zero-order chi connectivity index (χ0) is 14.5. The number of likely N-dealkylation sites (N-methyl/N-ethyl adjacent to an activating group) is 1. The van der Waals surface area contributed by atoms with Crippen molar-refractivity contribution in [2.75, 3.05) is 7.05 Å². The molecule has 0 bridgehead atoms. The number of rotatable bonds is 4. The number of carbonyl (C=O) groups excluding carboxylic acids is 1. The molecule has 0 spiro atoms. The van der Waals surface area contributed by atoms with Crippen LogP contribution >= 0.6 is 11.6 Å². The van der Waals surface area contributed by atoms with Gasteiger partial charge < -0.3 is 9.64 Å². The number of halogens is 1. The van der Waals surface area contributed by atoms with Gasteiger partial charge in [-0.05, 0) is 38.0 Å². The first-order chi connectivity index (χ1) is 9.58. The fraction of sp³-hybridized carbons (Fsp3) is 0.562. The van der Waals surface area contributed by atoms with E-state index in [0.717, 1.165) is 12.8 Å². The maximum Gasteiger partial charge on any atom is 0.263 e. The Morgan fingerprint density at radius 3 is 2.70 bits per heavy atom. The molecule has 0 radical (unpaired) electrons. The molecule has 1 aliphatic carbocycles. The van der Waals surface area contributed by atoms with Gasteiger partial charge in [0.15, 0.2) is 6.10 Å². The Morgan fingerprint density at radius 2 is 2.05 bits per heavy atom. The SMILES string of the molecule is C[C@@H](Oc1cccc(Cl)c1)C(=O)N(C)C1CCCCC1. The van der Waals surface area contributed by atoms with E-state index in [1.54, 1.807) is 19.1 Å². The van der Waals surface area contributed by atoms with Crippen molar-refractivity contribution < 1.29 is 9.53 Å². The van der Waals surface area contributed by atoms with Crippen molar-refractivity contribution in [1.29, 1.82) is 0 Å². The number of benzene rings is 1. The Kier molecular flexibility index (Phi) is 5.30. The van der Waals surface area contributed by atoms with Crippen LogP contribution in [0.25, 0.3) is 0 Å². The smallest absolute Gasteiger partial charge is 0.263 e. The second-order valence-electron chi connectivity index (χ2n) is 5.46. The van der Waals surface area contributed by atoms with Crippen molar-refractivity contribution in [1.82, 2.24) is 4.90 Å². The molecule has 0 aliphatic heterocycles. The van der Waals surface area contributed by atoms with E-state index in [-0.39, 0.29) is 5.91 Å². The third-order valence-corrected chi connectivity index (χ3v) is 4.16. The third kappa shape index (κ3) is 3.89. The molecular formula is C16H22ClNO2. The van der Waals surface area contributed by atoms with E-state index in [2.05, 4.69) is 0 Å². The molecule has 0 aromatic heterocycles. The first kappa shape index (κ1) is 15.2. The minimum absolute atomic E-state index is 0.0388. The highest BCUT2D eigenvalue weighted by molar-refractivity contribution is 6.30. The van der Waals surface area contributed by atoms with Crippen molar-refractivity contribution >= 4 is 17.5 Å². The number of nitrogens with zero attached hydrogens (tertiary/aromatic N) is 1. The van der Waals surface area contributed by atoms with Crippen LogP contribution in [0.5, 0.6) is 5.75 Å². The molecule has 1 aliphatic rings. The van der Waals surface area contributed by atoms with Gasteiger partial charge in [0.1, 0.15) is 5.75 Å². The van der Waals surface area contributed by atoms with E-state index in [1.807, 2.05) is 24.1 Å². The molecular weight excluding hydrogens is 274 g/mol. The minimum Gasteiger partial charge on any atom is -0.481 e. The summed E-state index contributed by atoms with van der Waals surface area (Å²) in [4.78, 5) is 14.3. The number of ether oxygens (including phenoxy) is 1. The lowest BCUT2D eigenvalue weighted by atomic mass is 9.94. The second kappa shape index (κ2) is 6.98. The van der Waals surface area contributed by atoms with Crippen molar-refractivity contribution in [3.8, 4) is 5.75 Å². The standard InChI is InChI=1S/C16H22ClNO2/c1-12(20-15-10-6-7-13(17)11-15)16(19)18(2)14-8-4-3-5-9-14/h6-7,10-12,14H,3-5,8-9H2,1-2H3/t12-/m1/s1. The van der Waals surface area contributed by atoms with Crippen LogP contribution in [-0.4, -0.2) is 30.0 Å². The summed E-state index contributed by atoms with van der Waals surface area (Å²) in [6.07, 6.45) is 5.43. The molecule has 4 heteroatoms. The average Bonchev–Trinajstić information content (AvgIpc) is 2.46. The van der Waals surface area contributed by atoms with Crippen LogP contribution in [0.3, 0.4) is 0 Å². The highest BCUT2D eigenvalue weighted by Crippen LogP contribution is 2.23. The molecule has 1 aromatic carbocycles. The van der Waals surface area contributed by atoms with Gasteiger partial charge in [-0.15, -0.1) is 0 Å². The average molecular weight is 296 g/mol. The molecule has 1 atom stereocenters. The van der Waals surface area contributed by atoms with Crippen molar-refractivity contribution in [2.45, 2.75) is 51.2 Å². The predicted octanol–water partition coefficient (Wildman–Crippen LogP) is 3.90.